The number of sulfonamides is 1. The molecule has 0 aromatic heterocycles. The van der Waals surface area contributed by atoms with Crippen LogP contribution in [0.5, 0.6) is 0 Å². The summed E-state index contributed by atoms with van der Waals surface area (Å²) in [4.78, 5) is 0.870. The van der Waals surface area contributed by atoms with Crippen molar-refractivity contribution < 1.29 is 21.6 Å². The molecule has 0 heterocycles. The summed E-state index contributed by atoms with van der Waals surface area (Å²) in [5.41, 5.74) is 1.53. The molecule has 1 aliphatic rings. The number of hydrogen-bond acceptors (Lipinski definition) is 3. The van der Waals surface area contributed by atoms with Crippen molar-refractivity contribution in [2.24, 2.45) is 5.14 Å². The Labute approximate surface area is 150 Å². The molecule has 0 aliphatic heterocycles. The lowest BCUT2D eigenvalue weighted by Gasteiger charge is -2.34. The maximum Gasteiger partial charge on any atom is 0.417 e. The number of fused-ring (bicyclic) bond motifs is 1. The van der Waals surface area contributed by atoms with Crippen molar-refractivity contribution in [3.63, 3.8) is 0 Å². The Morgan fingerprint density at radius 3 is 2.38 bits per heavy atom. The van der Waals surface area contributed by atoms with Gasteiger partial charge in [-0.3, -0.25) is 0 Å². The predicted octanol–water partition coefficient (Wildman–Crippen LogP) is 3.35. The van der Waals surface area contributed by atoms with Gasteiger partial charge in [-0.2, -0.15) is 13.2 Å². The van der Waals surface area contributed by atoms with Gasteiger partial charge < -0.3 is 4.90 Å². The average molecular weight is 384 g/mol. The first kappa shape index (κ1) is 18.7. The van der Waals surface area contributed by atoms with Crippen LogP contribution < -0.4 is 10.0 Å². The lowest BCUT2D eigenvalue weighted by atomic mass is 9.87. The van der Waals surface area contributed by atoms with Gasteiger partial charge in [0.05, 0.1) is 10.5 Å². The molecule has 0 saturated carbocycles. The molecule has 3 rings (SSSR count). The Morgan fingerprint density at radius 2 is 1.77 bits per heavy atom. The minimum absolute atomic E-state index is 0.0336. The Kier molecular flexibility index (Phi) is 4.74. The Morgan fingerprint density at radius 1 is 1.12 bits per heavy atom. The molecule has 1 aliphatic carbocycles. The number of likely N-dealkylation sites (N-methyl/N-ethyl adjacent to an activating group) is 1. The summed E-state index contributed by atoms with van der Waals surface area (Å²) < 4.78 is 62.9. The van der Waals surface area contributed by atoms with Gasteiger partial charge in [0, 0.05) is 18.8 Å². The predicted molar refractivity (Wildman–Crippen MR) is 93.5 cm³/mol. The van der Waals surface area contributed by atoms with Crippen LogP contribution in [0.4, 0.5) is 18.9 Å². The molecule has 0 radical (unpaired) electrons. The van der Waals surface area contributed by atoms with Crippen molar-refractivity contribution in [2.75, 3.05) is 11.9 Å². The maximum absolute atomic E-state index is 13.3. The molecule has 1 unspecified atom stereocenters. The quantitative estimate of drug-likeness (QED) is 0.883. The minimum Gasteiger partial charge on any atom is -0.371 e. The smallest absolute Gasteiger partial charge is 0.371 e. The standard InChI is InChI=1S/C18H19F3N2O2S/c1-23(14-7-6-12-4-2-3-5-13(12)10-14)15-8-9-17(26(22,24)25)16(11-15)18(19,20)21/h2-5,8-9,11,14H,6-7,10H2,1H3,(H2,22,24,25). The molecule has 2 aromatic rings. The summed E-state index contributed by atoms with van der Waals surface area (Å²) in [5, 5.41) is 4.93. The summed E-state index contributed by atoms with van der Waals surface area (Å²) in [6.45, 7) is 0. The van der Waals surface area contributed by atoms with E-state index in [1.165, 1.54) is 17.2 Å². The van der Waals surface area contributed by atoms with E-state index in [1.54, 1.807) is 11.9 Å². The number of anilines is 1. The first-order valence-corrected chi connectivity index (χ1v) is 9.65. The lowest BCUT2D eigenvalue weighted by Crippen LogP contribution is -2.36. The first-order chi connectivity index (χ1) is 12.1. The van der Waals surface area contributed by atoms with E-state index in [0.29, 0.717) is 5.69 Å². The first-order valence-electron chi connectivity index (χ1n) is 8.11. The highest BCUT2D eigenvalue weighted by Gasteiger charge is 2.37. The molecule has 1 atom stereocenters. The molecule has 140 valence electrons. The maximum atomic E-state index is 13.3. The number of rotatable bonds is 3. The topological polar surface area (TPSA) is 63.4 Å². The van der Waals surface area contributed by atoms with Crippen molar-refractivity contribution in [1.29, 1.82) is 0 Å². The fourth-order valence-corrected chi connectivity index (χ4v) is 4.17. The van der Waals surface area contributed by atoms with E-state index in [0.717, 1.165) is 31.4 Å². The number of alkyl halides is 3. The van der Waals surface area contributed by atoms with Crippen LogP contribution in [0, 0.1) is 0 Å². The second kappa shape index (κ2) is 6.59. The van der Waals surface area contributed by atoms with E-state index in [-0.39, 0.29) is 6.04 Å². The molecule has 0 amide bonds. The molecule has 26 heavy (non-hydrogen) atoms. The normalized spacial score (nSPS) is 17.7. The van der Waals surface area contributed by atoms with Crippen LogP contribution in [-0.2, 0) is 29.0 Å². The minimum atomic E-state index is -4.81. The van der Waals surface area contributed by atoms with Gasteiger partial charge in [-0.1, -0.05) is 24.3 Å². The van der Waals surface area contributed by atoms with Gasteiger partial charge in [0.25, 0.3) is 0 Å². The molecule has 8 heteroatoms. The molecule has 0 fully saturated rings. The Balaban J connectivity index is 1.95. The second-order valence-electron chi connectivity index (χ2n) is 6.50. The Hall–Kier alpha value is -2.06. The van der Waals surface area contributed by atoms with Gasteiger partial charge in [-0.05, 0) is 48.6 Å². The Bertz CT molecular complexity index is 926. The third-order valence-corrected chi connectivity index (χ3v) is 5.82. The number of benzene rings is 2. The fourth-order valence-electron chi connectivity index (χ4n) is 3.43. The van der Waals surface area contributed by atoms with Gasteiger partial charge in [-0.25, -0.2) is 13.6 Å². The van der Waals surface area contributed by atoms with Crippen molar-refractivity contribution >= 4 is 15.7 Å². The molecule has 2 N–H and O–H groups in total. The number of nitrogens with zero attached hydrogens (tertiary/aromatic N) is 1. The molecule has 0 bridgehead atoms. The van der Waals surface area contributed by atoms with Crippen molar-refractivity contribution in [2.45, 2.75) is 36.4 Å². The molecule has 0 saturated heterocycles. The zero-order chi connectivity index (χ0) is 19.1. The number of aryl methyl sites for hydroxylation is 1. The van der Waals surface area contributed by atoms with Gasteiger partial charge in [0.2, 0.25) is 10.0 Å². The molecular weight excluding hydrogens is 365 g/mol. The molecule has 4 nitrogen and oxygen atoms in total. The van der Waals surface area contributed by atoms with E-state index in [9.17, 15) is 21.6 Å². The second-order valence-corrected chi connectivity index (χ2v) is 8.03. The third-order valence-electron chi connectivity index (χ3n) is 4.85. The number of nitrogens with two attached hydrogens (primary N) is 1. The van der Waals surface area contributed by atoms with Gasteiger partial charge in [-0.15, -0.1) is 0 Å². The van der Waals surface area contributed by atoms with Crippen LogP contribution in [0.15, 0.2) is 47.4 Å². The van der Waals surface area contributed by atoms with Crippen LogP contribution in [-0.4, -0.2) is 21.5 Å². The van der Waals surface area contributed by atoms with Crippen LogP contribution >= 0.6 is 0 Å². The van der Waals surface area contributed by atoms with Gasteiger partial charge in [0.1, 0.15) is 0 Å². The lowest BCUT2D eigenvalue weighted by molar-refractivity contribution is -0.139. The highest BCUT2D eigenvalue weighted by Crippen LogP contribution is 2.37. The SMILES string of the molecule is CN(c1ccc(S(N)(=O)=O)c(C(F)(F)F)c1)C1CCc2ccccc2C1. The molecule has 2 aromatic carbocycles. The van der Waals surface area contributed by atoms with Crippen LogP contribution in [0.1, 0.15) is 23.1 Å². The highest BCUT2D eigenvalue weighted by molar-refractivity contribution is 7.89. The van der Waals surface area contributed by atoms with Crippen molar-refractivity contribution in [3.05, 3.63) is 59.2 Å². The van der Waals surface area contributed by atoms with Gasteiger partial charge in [0.15, 0.2) is 0 Å². The summed E-state index contributed by atoms with van der Waals surface area (Å²) >= 11 is 0. The summed E-state index contributed by atoms with van der Waals surface area (Å²) in [6.07, 6.45) is -2.42. The van der Waals surface area contributed by atoms with Crippen LogP contribution in [0.3, 0.4) is 0 Å². The van der Waals surface area contributed by atoms with Gasteiger partial charge >= 0.3 is 6.18 Å². The molecule has 0 spiro atoms. The summed E-state index contributed by atoms with van der Waals surface area (Å²) in [6, 6.07) is 11.2. The number of primary sulfonamides is 1. The summed E-state index contributed by atoms with van der Waals surface area (Å²) in [5.74, 6) is 0. The van der Waals surface area contributed by atoms with Crippen molar-refractivity contribution in [1.82, 2.24) is 0 Å². The van der Waals surface area contributed by atoms with E-state index < -0.39 is 26.7 Å². The third kappa shape index (κ3) is 3.71. The number of hydrogen-bond donors (Lipinski definition) is 1. The zero-order valence-electron chi connectivity index (χ0n) is 14.1. The van der Waals surface area contributed by atoms with Crippen molar-refractivity contribution in [3.8, 4) is 0 Å². The van der Waals surface area contributed by atoms with E-state index in [4.69, 9.17) is 5.14 Å². The zero-order valence-corrected chi connectivity index (χ0v) is 14.9. The largest absolute Gasteiger partial charge is 0.417 e. The monoisotopic (exact) mass is 384 g/mol. The number of halogens is 3. The van der Waals surface area contributed by atoms with E-state index in [1.807, 2.05) is 18.2 Å². The fraction of sp³-hybridized carbons (Fsp3) is 0.333. The average Bonchev–Trinajstić information content (AvgIpc) is 2.58. The molecular formula is C18H19F3N2O2S. The summed E-state index contributed by atoms with van der Waals surface area (Å²) in [7, 11) is -2.74. The van der Waals surface area contributed by atoms with Crippen LogP contribution in [0.2, 0.25) is 0 Å². The van der Waals surface area contributed by atoms with Crippen LogP contribution in [0.25, 0.3) is 0 Å². The van der Waals surface area contributed by atoms with E-state index in [2.05, 4.69) is 6.07 Å². The highest BCUT2D eigenvalue weighted by atomic mass is 32.2. The van der Waals surface area contributed by atoms with E-state index >= 15 is 0 Å².